The summed E-state index contributed by atoms with van der Waals surface area (Å²) in [5, 5.41) is 0. The largest absolute Gasteiger partial charge is 0.430 e. The molecule has 1 aliphatic rings. The van der Waals surface area contributed by atoms with Crippen LogP contribution in [0.15, 0.2) is 24.4 Å². The highest BCUT2D eigenvalue weighted by molar-refractivity contribution is 5.26. The van der Waals surface area contributed by atoms with Gasteiger partial charge in [-0.25, -0.2) is 0 Å². The maximum absolute atomic E-state index is 9.88. The first-order valence-corrected chi connectivity index (χ1v) is 2.41. The van der Waals surface area contributed by atoms with Gasteiger partial charge in [-0.05, 0) is 6.08 Å². The quantitative estimate of drug-likeness (QED) is 0.325. The monoisotopic (exact) mass is 108 g/mol. The highest BCUT2D eigenvalue weighted by Gasteiger charge is 1.96. The Kier molecular flexibility index (Phi) is 1.40. The summed E-state index contributed by atoms with van der Waals surface area (Å²) in [5.41, 5.74) is 0. The van der Waals surface area contributed by atoms with E-state index in [0.29, 0.717) is 6.54 Å². The molecule has 0 saturated heterocycles. The Hall–Kier alpha value is -1.14. The third-order valence-electron chi connectivity index (χ3n) is 0.933. The van der Waals surface area contributed by atoms with Crippen molar-refractivity contribution in [2.45, 2.75) is 0 Å². The van der Waals surface area contributed by atoms with Crippen LogP contribution < -0.4 is 0 Å². The number of allylic oxidation sites excluding steroid dienone is 2. The Labute approximate surface area is 47.4 Å². The first-order valence-electron chi connectivity index (χ1n) is 2.41. The lowest BCUT2D eigenvalue weighted by Gasteiger charge is -1.86. The zero-order valence-electron chi connectivity index (χ0n) is 4.37. The van der Waals surface area contributed by atoms with Crippen molar-refractivity contribution >= 4 is 6.08 Å². The van der Waals surface area contributed by atoms with Gasteiger partial charge in [0.25, 0.3) is 0 Å². The van der Waals surface area contributed by atoms with E-state index in [1.807, 2.05) is 12.2 Å². The zero-order valence-corrected chi connectivity index (χ0v) is 4.37. The van der Waals surface area contributed by atoms with Crippen molar-refractivity contribution in [1.82, 2.24) is 0 Å². The van der Waals surface area contributed by atoms with Crippen LogP contribution in [0.1, 0.15) is 0 Å². The third kappa shape index (κ3) is 0.922. The summed E-state index contributed by atoms with van der Waals surface area (Å²) in [5.74, 6) is 0. The number of rotatable bonds is 0. The lowest BCUT2D eigenvalue weighted by Crippen LogP contribution is -2.03. The summed E-state index contributed by atoms with van der Waals surface area (Å²) in [6.45, 7) is 0.653. The molecule has 0 spiro atoms. The van der Waals surface area contributed by atoms with Gasteiger partial charge in [0.05, 0.1) is 0 Å². The van der Waals surface area contributed by atoms with E-state index in [1.54, 1.807) is 18.4 Å². The molecule has 0 saturated carbocycles. The smallest absolute Gasteiger partial charge is 0.159 e. The van der Waals surface area contributed by atoms with Gasteiger partial charge >= 0.3 is 6.08 Å². The van der Waals surface area contributed by atoms with Crippen molar-refractivity contribution in [3.05, 3.63) is 24.4 Å². The summed E-state index contributed by atoms with van der Waals surface area (Å²) in [4.78, 5) is 9.88. The van der Waals surface area contributed by atoms with Gasteiger partial charge in [0, 0.05) is 6.08 Å². The van der Waals surface area contributed by atoms with Gasteiger partial charge < -0.3 is 0 Å². The molecule has 2 heteroatoms. The molecule has 1 heterocycles. The topological polar surface area (TPSA) is 20.1 Å². The van der Waals surface area contributed by atoms with Crippen LogP contribution in [0.4, 0.5) is 0 Å². The molecule has 2 nitrogen and oxygen atoms in total. The van der Waals surface area contributed by atoms with Crippen LogP contribution in [0.3, 0.4) is 0 Å². The molecule has 0 aromatic rings. The molecule has 0 aromatic carbocycles. The summed E-state index contributed by atoms with van der Waals surface area (Å²) < 4.78 is 1.44. The van der Waals surface area contributed by atoms with E-state index in [2.05, 4.69) is 0 Å². The van der Waals surface area contributed by atoms with E-state index in [9.17, 15) is 4.79 Å². The van der Waals surface area contributed by atoms with Gasteiger partial charge in [0.15, 0.2) is 12.7 Å². The fourth-order valence-electron chi connectivity index (χ4n) is 0.535. The van der Waals surface area contributed by atoms with Crippen LogP contribution in [0.2, 0.25) is 0 Å². The van der Waals surface area contributed by atoms with Crippen LogP contribution in [0.5, 0.6) is 0 Å². The van der Waals surface area contributed by atoms with Crippen molar-refractivity contribution < 1.29 is 9.37 Å². The van der Waals surface area contributed by atoms with Crippen LogP contribution in [-0.2, 0) is 4.79 Å². The average Bonchev–Trinajstić information content (AvgIpc) is 1.90. The number of hydrogen-bond donors (Lipinski definition) is 0. The highest BCUT2D eigenvalue weighted by atomic mass is 16.1. The van der Waals surface area contributed by atoms with E-state index < -0.39 is 0 Å². The van der Waals surface area contributed by atoms with Crippen molar-refractivity contribution in [3.8, 4) is 0 Å². The maximum atomic E-state index is 9.88. The minimum absolute atomic E-state index is 0.653. The molecule has 8 heavy (non-hydrogen) atoms. The minimum Gasteiger partial charge on any atom is -0.159 e. The Bertz CT molecular complexity index is 185. The summed E-state index contributed by atoms with van der Waals surface area (Å²) in [7, 11) is 0. The highest BCUT2D eigenvalue weighted by Crippen LogP contribution is 1.87. The second-order valence-electron chi connectivity index (χ2n) is 1.51. The molecule has 40 valence electrons. The van der Waals surface area contributed by atoms with Crippen LogP contribution >= 0.6 is 0 Å². The lowest BCUT2D eigenvalue weighted by molar-refractivity contribution is -0.443. The molecule has 0 fully saturated rings. The minimum atomic E-state index is 0.653. The Morgan fingerprint density at radius 3 is 2.75 bits per heavy atom. The van der Waals surface area contributed by atoms with Crippen LogP contribution in [0, 0.1) is 0 Å². The van der Waals surface area contributed by atoms with Crippen LogP contribution in [0.25, 0.3) is 0 Å². The Balaban J connectivity index is 2.80. The Morgan fingerprint density at radius 1 is 1.50 bits per heavy atom. The van der Waals surface area contributed by atoms with Gasteiger partial charge in [0.1, 0.15) is 0 Å². The number of isocyanates is 1. The summed E-state index contributed by atoms with van der Waals surface area (Å²) in [6, 6.07) is 0. The average molecular weight is 108 g/mol. The molecule has 0 aromatic heterocycles. The number of carbonyl (C=O) groups excluding carboxylic acids is 1. The fraction of sp³-hybridized carbons (Fsp3) is 0.167. The second kappa shape index (κ2) is 2.24. The van der Waals surface area contributed by atoms with Crippen molar-refractivity contribution in [1.29, 1.82) is 0 Å². The van der Waals surface area contributed by atoms with Gasteiger partial charge in [-0.2, -0.15) is 4.79 Å². The second-order valence-corrected chi connectivity index (χ2v) is 1.51. The number of nitrogens with zero attached hydrogens (tertiary/aromatic N) is 1. The lowest BCUT2D eigenvalue weighted by atomic mass is 10.4. The fourth-order valence-corrected chi connectivity index (χ4v) is 0.535. The van der Waals surface area contributed by atoms with Gasteiger partial charge in [-0.3, -0.25) is 0 Å². The standard InChI is InChI=1S/C6H6NO/c8-6-7-4-2-1-3-5-7/h1-4H,5H2/q+1. The molecule has 0 amide bonds. The Morgan fingerprint density at radius 2 is 2.38 bits per heavy atom. The molecule has 0 N–H and O–H groups in total. The van der Waals surface area contributed by atoms with Gasteiger partial charge in [-0.15, -0.1) is 4.58 Å². The normalized spacial score (nSPS) is 16.2. The van der Waals surface area contributed by atoms with Crippen LogP contribution in [-0.4, -0.2) is 17.2 Å². The number of hydrogen-bond acceptors (Lipinski definition) is 1. The predicted molar refractivity (Wildman–Crippen MR) is 29.1 cm³/mol. The van der Waals surface area contributed by atoms with Crippen molar-refractivity contribution in [2.75, 3.05) is 6.54 Å². The molecular formula is C6H6NO+. The molecule has 0 radical (unpaired) electrons. The van der Waals surface area contributed by atoms with Crippen molar-refractivity contribution in [3.63, 3.8) is 0 Å². The predicted octanol–water partition coefficient (Wildman–Crippen LogP) is 0.418. The van der Waals surface area contributed by atoms with Gasteiger partial charge in [0.2, 0.25) is 0 Å². The van der Waals surface area contributed by atoms with E-state index in [0.717, 1.165) is 0 Å². The third-order valence-corrected chi connectivity index (χ3v) is 0.933. The molecule has 0 aliphatic carbocycles. The molecule has 1 rings (SSSR count). The maximum Gasteiger partial charge on any atom is 0.430 e. The molecule has 1 aliphatic heterocycles. The van der Waals surface area contributed by atoms with Gasteiger partial charge in [-0.1, -0.05) is 6.08 Å². The first-order chi connectivity index (χ1) is 3.93. The first kappa shape index (κ1) is 5.01. The zero-order chi connectivity index (χ0) is 5.82. The van der Waals surface area contributed by atoms with E-state index in [1.165, 1.54) is 4.58 Å². The SMILES string of the molecule is O=C=[N+]1C=CC=CC1. The van der Waals surface area contributed by atoms with Crippen molar-refractivity contribution in [2.24, 2.45) is 0 Å². The molecule has 0 unspecified atom stereocenters. The van der Waals surface area contributed by atoms with E-state index in [4.69, 9.17) is 0 Å². The van der Waals surface area contributed by atoms with E-state index >= 15 is 0 Å². The summed E-state index contributed by atoms with van der Waals surface area (Å²) in [6.07, 6.45) is 9.03. The molecular weight excluding hydrogens is 102 g/mol. The molecule has 0 bridgehead atoms. The molecule has 0 atom stereocenters. The van der Waals surface area contributed by atoms with E-state index in [-0.39, 0.29) is 0 Å². The summed E-state index contributed by atoms with van der Waals surface area (Å²) >= 11 is 0.